The standard InChI is InChI=1S/C24H36O2Si/c1-9-27(10-2,24(6,7)8)26-21-14-17(3)23(18(4)15-21)22-13-11-12-20(16-25)19(22)5/h11-15,25H,9-10,16H2,1-8H3. The van der Waals surface area contributed by atoms with Crippen molar-refractivity contribution >= 4 is 8.32 Å². The molecule has 0 aromatic heterocycles. The van der Waals surface area contributed by atoms with Gasteiger partial charge in [0, 0.05) is 0 Å². The molecule has 2 rings (SSSR count). The second-order valence-electron chi connectivity index (χ2n) is 8.73. The molecule has 0 fully saturated rings. The molecular formula is C24H36O2Si. The van der Waals surface area contributed by atoms with Gasteiger partial charge in [0.1, 0.15) is 5.75 Å². The maximum Gasteiger partial charge on any atom is 0.255 e. The van der Waals surface area contributed by atoms with Crippen LogP contribution in [0.1, 0.15) is 56.9 Å². The van der Waals surface area contributed by atoms with Gasteiger partial charge in [0.05, 0.1) is 6.61 Å². The van der Waals surface area contributed by atoms with Crippen molar-refractivity contribution in [3.05, 3.63) is 52.6 Å². The van der Waals surface area contributed by atoms with Crippen LogP contribution in [-0.2, 0) is 6.61 Å². The summed E-state index contributed by atoms with van der Waals surface area (Å²) in [5.74, 6) is 1.01. The number of aryl methyl sites for hydroxylation is 2. The summed E-state index contributed by atoms with van der Waals surface area (Å²) in [7, 11) is -1.89. The van der Waals surface area contributed by atoms with E-state index in [4.69, 9.17) is 4.43 Å². The van der Waals surface area contributed by atoms with Crippen molar-refractivity contribution in [3.8, 4) is 16.9 Å². The van der Waals surface area contributed by atoms with Crippen LogP contribution in [0.5, 0.6) is 5.75 Å². The highest BCUT2D eigenvalue weighted by Gasteiger charge is 2.45. The van der Waals surface area contributed by atoms with Gasteiger partial charge in [0.25, 0.3) is 8.32 Å². The molecule has 0 aliphatic heterocycles. The Balaban J connectivity index is 2.52. The lowest BCUT2D eigenvalue weighted by atomic mass is 9.90. The van der Waals surface area contributed by atoms with Gasteiger partial charge < -0.3 is 9.53 Å². The summed E-state index contributed by atoms with van der Waals surface area (Å²) in [5, 5.41) is 9.81. The lowest BCUT2D eigenvalue weighted by molar-refractivity contribution is 0.281. The Labute approximate surface area is 166 Å². The number of hydrogen-bond donors (Lipinski definition) is 1. The van der Waals surface area contributed by atoms with Gasteiger partial charge >= 0.3 is 0 Å². The minimum absolute atomic E-state index is 0.0751. The fourth-order valence-electron chi connectivity index (χ4n) is 4.37. The molecule has 0 aliphatic carbocycles. The number of hydrogen-bond acceptors (Lipinski definition) is 2. The molecule has 0 saturated carbocycles. The summed E-state index contributed by atoms with van der Waals surface area (Å²) >= 11 is 0. The van der Waals surface area contributed by atoms with Crippen LogP contribution in [-0.4, -0.2) is 13.4 Å². The largest absolute Gasteiger partial charge is 0.543 e. The molecule has 0 radical (unpaired) electrons. The van der Waals surface area contributed by atoms with Crippen LogP contribution < -0.4 is 4.43 Å². The molecule has 0 amide bonds. The van der Waals surface area contributed by atoms with Gasteiger partial charge in [-0.2, -0.15) is 0 Å². The van der Waals surface area contributed by atoms with Crippen LogP contribution in [0.25, 0.3) is 11.1 Å². The maximum absolute atomic E-state index is 9.62. The average molecular weight is 385 g/mol. The summed E-state index contributed by atoms with van der Waals surface area (Å²) < 4.78 is 6.79. The van der Waals surface area contributed by atoms with Gasteiger partial charge in [0.2, 0.25) is 0 Å². The molecule has 2 aromatic rings. The van der Waals surface area contributed by atoms with E-state index in [9.17, 15) is 5.11 Å². The number of aliphatic hydroxyl groups is 1. The van der Waals surface area contributed by atoms with Gasteiger partial charge in [-0.25, -0.2) is 0 Å². The first-order valence-electron chi connectivity index (χ1n) is 10.1. The fraction of sp³-hybridized carbons (Fsp3) is 0.500. The summed E-state index contributed by atoms with van der Waals surface area (Å²) in [4.78, 5) is 0. The van der Waals surface area contributed by atoms with Crippen molar-refractivity contribution < 1.29 is 9.53 Å². The smallest absolute Gasteiger partial charge is 0.255 e. The Morgan fingerprint density at radius 2 is 1.52 bits per heavy atom. The predicted molar refractivity (Wildman–Crippen MR) is 119 cm³/mol. The lowest BCUT2D eigenvalue weighted by Gasteiger charge is -2.41. The van der Waals surface area contributed by atoms with Crippen molar-refractivity contribution in [3.63, 3.8) is 0 Å². The van der Waals surface area contributed by atoms with Gasteiger partial charge in [-0.05, 0) is 83.4 Å². The van der Waals surface area contributed by atoms with Crippen LogP contribution in [0.15, 0.2) is 30.3 Å². The summed E-state index contributed by atoms with van der Waals surface area (Å²) in [5.41, 5.74) is 7.06. The van der Waals surface area contributed by atoms with Crippen LogP contribution >= 0.6 is 0 Å². The number of benzene rings is 2. The third-order valence-corrected chi connectivity index (χ3v) is 11.9. The molecular weight excluding hydrogens is 348 g/mol. The van der Waals surface area contributed by atoms with Gasteiger partial charge in [-0.15, -0.1) is 0 Å². The first-order valence-corrected chi connectivity index (χ1v) is 12.4. The molecule has 2 aromatic carbocycles. The quantitative estimate of drug-likeness (QED) is 0.547. The molecule has 0 bridgehead atoms. The molecule has 148 valence electrons. The van der Waals surface area contributed by atoms with E-state index in [-0.39, 0.29) is 11.6 Å². The fourth-order valence-corrected chi connectivity index (χ4v) is 8.15. The Kier molecular flexibility index (Phi) is 6.59. The van der Waals surface area contributed by atoms with E-state index in [1.807, 2.05) is 12.1 Å². The van der Waals surface area contributed by atoms with Crippen LogP contribution in [0.3, 0.4) is 0 Å². The Hall–Kier alpha value is -1.58. The summed E-state index contributed by atoms with van der Waals surface area (Å²) in [6, 6.07) is 12.8. The third kappa shape index (κ3) is 4.14. The van der Waals surface area contributed by atoms with E-state index in [0.29, 0.717) is 0 Å². The first-order chi connectivity index (χ1) is 12.6. The molecule has 2 nitrogen and oxygen atoms in total. The number of aliphatic hydroxyl groups excluding tert-OH is 1. The van der Waals surface area contributed by atoms with Gasteiger partial charge in [0.15, 0.2) is 0 Å². The topological polar surface area (TPSA) is 29.5 Å². The van der Waals surface area contributed by atoms with E-state index in [2.05, 4.69) is 73.6 Å². The molecule has 0 aliphatic rings. The van der Waals surface area contributed by atoms with E-state index >= 15 is 0 Å². The van der Waals surface area contributed by atoms with Crippen molar-refractivity contribution in [2.45, 2.75) is 79.1 Å². The minimum Gasteiger partial charge on any atom is -0.543 e. The molecule has 27 heavy (non-hydrogen) atoms. The summed E-state index contributed by atoms with van der Waals surface area (Å²) in [6.07, 6.45) is 0. The summed E-state index contributed by atoms with van der Waals surface area (Å²) in [6.45, 7) is 18.0. The van der Waals surface area contributed by atoms with Crippen molar-refractivity contribution in [2.75, 3.05) is 0 Å². The normalized spacial score (nSPS) is 12.3. The SMILES string of the molecule is CC[Si](CC)(Oc1cc(C)c(-c2cccc(CO)c2C)c(C)c1)C(C)(C)C. The first kappa shape index (κ1) is 21.7. The minimum atomic E-state index is -1.89. The van der Waals surface area contributed by atoms with Crippen LogP contribution in [0.4, 0.5) is 0 Å². The zero-order chi connectivity index (χ0) is 20.4. The average Bonchev–Trinajstić information content (AvgIpc) is 2.59. The molecule has 0 heterocycles. The van der Waals surface area contributed by atoms with E-state index in [0.717, 1.165) is 29.0 Å². The highest BCUT2D eigenvalue weighted by Crippen LogP contribution is 2.43. The third-order valence-electron chi connectivity index (χ3n) is 6.21. The molecule has 0 saturated heterocycles. The zero-order valence-electron chi connectivity index (χ0n) is 18.4. The second-order valence-corrected chi connectivity index (χ2v) is 13.8. The van der Waals surface area contributed by atoms with Crippen molar-refractivity contribution in [2.24, 2.45) is 0 Å². The monoisotopic (exact) mass is 384 g/mol. The van der Waals surface area contributed by atoms with Gasteiger partial charge in [-0.1, -0.05) is 52.8 Å². The molecule has 0 atom stereocenters. The van der Waals surface area contributed by atoms with E-state index in [1.54, 1.807) is 0 Å². The molecule has 0 unspecified atom stereocenters. The highest BCUT2D eigenvalue weighted by molar-refractivity contribution is 6.77. The zero-order valence-corrected chi connectivity index (χ0v) is 19.4. The van der Waals surface area contributed by atoms with Crippen LogP contribution in [0, 0.1) is 20.8 Å². The second kappa shape index (κ2) is 8.20. The molecule has 3 heteroatoms. The Morgan fingerprint density at radius 3 is 1.96 bits per heavy atom. The molecule has 0 spiro atoms. The predicted octanol–water partition coefficient (Wildman–Crippen LogP) is 6.94. The van der Waals surface area contributed by atoms with Crippen LogP contribution in [0.2, 0.25) is 17.1 Å². The Morgan fingerprint density at radius 1 is 0.963 bits per heavy atom. The van der Waals surface area contributed by atoms with Gasteiger partial charge in [-0.3, -0.25) is 0 Å². The molecule has 1 N–H and O–H groups in total. The van der Waals surface area contributed by atoms with E-state index in [1.165, 1.54) is 22.3 Å². The Bertz CT molecular complexity index is 776. The maximum atomic E-state index is 9.62. The van der Waals surface area contributed by atoms with Crippen molar-refractivity contribution in [1.82, 2.24) is 0 Å². The lowest BCUT2D eigenvalue weighted by Crippen LogP contribution is -2.49. The number of rotatable bonds is 6. The van der Waals surface area contributed by atoms with Crippen molar-refractivity contribution in [1.29, 1.82) is 0 Å². The highest BCUT2D eigenvalue weighted by atomic mass is 28.4. The van der Waals surface area contributed by atoms with E-state index < -0.39 is 8.32 Å².